The lowest BCUT2D eigenvalue weighted by Gasteiger charge is -2.50. The number of hydrogen-bond donors (Lipinski definition) is 1. The van der Waals surface area contributed by atoms with Crippen LogP contribution in [0.2, 0.25) is 0 Å². The van der Waals surface area contributed by atoms with Gasteiger partial charge in [-0.05, 0) is 32.0 Å². The third kappa shape index (κ3) is 2.78. The summed E-state index contributed by atoms with van der Waals surface area (Å²) in [6.45, 7) is 4.37. The molecule has 0 saturated carbocycles. The maximum absolute atomic E-state index is 13.1. The van der Waals surface area contributed by atoms with E-state index < -0.39 is 5.72 Å². The number of nitrogens with zero attached hydrogens (tertiary/aromatic N) is 1. The quantitative estimate of drug-likeness (QED) is 0.847. The smallest absolute Gasteiger partial charge is 0.325 e. The van der Waals surface area contributed by atoms with Gasteiger partial charge in [0.15, 0.2) is 17.2 Å². The minimum atomic E-state index is -0.894. The van der Waals surface area contributed by atoms with Crippen molar-refractivity contribution < 1.29 is 23.7 Å². The molecule has 0 aromatic heterocycles. The van der Waals surface area contributed by atoms with Crippen molar-refractivity contribution in [1.82, 2.24) is 5.32 Å². The summed E-state index contributed by atoms with van der Waals surface area (Å²) in [4.78, 5) is 14.7. The molecule has 0 aliphatic carbocycles. The molecule has 2 bridgehead atoms. The Kier molecular flexibility index (Phi) is 4.45. The number of para-hydroxylation sites is 1. The van der Waals surface area contributed by atoms with Crippen molar-refractivity contribution in [1.29, 1.82) is 0 Å². The van der Waals surface area contributed by atoms with Crippen molar-refractivity contribution in [2.45, 2.75) is 32.0 Å². The number of rotatable bonds is 5. The highest BCUT2D eigenvalue weighted by atomic mass is 16.5. The van der Waals surface area contributed by atoms with Gasteiger partial charge in [-0.25, -0.2) is 4.79 Å². The topological polar surface area (TPSA) is 69.3 Å². The molecule has 0 unspecified atom stereocenters. The maximum Gasteiger partial charge on any atom is 0.325 e. The fourth-order valence-electron chi connectivity index (χ4n) is 3.96. The van der Waals surface area contributed by atoms with E-state index in [-0.39, 0.29) is 12.1 Å². The van der Waals surface area contributed by atoms with Crippen LogP contribution >= 0.6 is 0 Å². The van der Waals surface area contributed by atoms with Crippen LogP contribution in [0.25, 0.3) is 0 Å². The SMILES string of the molecule is CCOc1cccc2c1O[C@@]1(C)C[C@H]2NC(=O)N1c1ccc(OC)cc1OC. The number of nitrogens with one attached hydrogen (secondary N) is 1. The molecular formula is C21H24N2O5. The molecule has 1 saturated heterocycles. The molecule has 0 spiro atoms. The number of carbonyl (C=O) groups is 1. The fourth-order valence-corrected chi connectivity index (χ4v) is 3.96. The highest BCUT2D eigenvalue weighted by molar-refractivity contribution is 5.96. The number of anilines is 1. The van der Waals surface area contributed by atoms with Crippen LogP contribution in [-0.2, 0) is 0 Å². The molecule has 148 valence electrons. The third-order valence-corrected chi connectivity index (χ3v) is 5.19. The molecule has 2 aromatic carbocycles. The van der Waals surface area contributed by atoms with Crippen molar-refractivity contribution in [2.24, 2.45) is 0 Å². The number of fused-ring (bicyclic) bond motifs is 4. The maximum atomic E-state index is 13.1. The number of hydrogen-bond acceptors (Lipinski definition) is 5. The lowest BCUT2D eigenvalue weighted by molar-refractivity contribution is 0.0339. The predicted octanol–water partition coefficient (Wildman–Crippen LogP) is 3.87. The molecule has 2 aliphatic rings. The molecule has 0 radical (unpaired) electrons. The van der Waals surface area contributed by atoms with E-state index in [2.05, 4.69) is 5.32 Å². The van der Waals surface area contributed by atoms with Gasteiger partial charge in [0.25, 0.3) is 0 Å². The van der Waals surface area contributed by atoms with Crippen LogP contribution in [0.4, 0.5) is 10.5 Å². The molecule has 2 heterocycles. The lowest BCUT2D eigenvalue weighted by Crippen LogP contribution is -2.65. The van der Waals surface area contributed by atoms with E-state index >= 15 is 0 Å². The monoisotopic (exact) mass is 384 g/mol. The zero-order chi connectivity index (χ0) is 19.9. The van der Waals surface area contributed by atoms with Crippen LogP contribution in [0.5, 0.6) is 23.0 Å². The lowest BCUT2D eigenvalue weighted by atomic mass is 9.90. The second kappa shape index (κ2) is 6.82. The van der Waals surface area contributed by atoms with Gasteiger partial charge in [-0.15, -0.1) is 0 Å². The van der Waals surface area contributed by atoms with E-state index in [1.165, 1.54) is 0 Å². The summed E-state index contributed by atoms with van der Waals surface area (Å²) >= 11 is 0. The second-order valence-corrected chi connectivity index (χ2v) is 6.96. The molecular weight excluding hydrogens is 360 g/mol. The predicted molar refractivity (Wildman–Crippen MR) is 105 cm³/mol. The number of amides is 2. The van der Waals surface area contributed by atoms with Crippen molar-refractivity contribution >= 4 is 11.7 Å². The summed E-state index contributed by atoms with van der Waals surface area (Å²) in [6, 6.07) is 10.7. The molecule has 7 nitrogen and oxygen atoms in total. The van der Waals surface area contributed by atoms with Crippen molar-refractivity contribution in [3.8, 4) is 23.0 Å². The average Bonchev–Trinajstić information content (AvgIpc) is 2.68. The zero-order valence-corrected chi connectivity index (χ0v) is 16.4. The fraction of sp³-hybridized carbons (Fsp3) is 0.381. The third-order valence-electron chi connectivity index (χ3n) is 5.19. The van der Waals surface area contributed by atoms with Gasteiger partial charge < -0.3 is 24.3 Å². The summed E-state index contributed by atoms with van der Waals surface area (Å²) in [5.74, 6) is 2.52. The first-order chi connectivity index (χ1) is 13.5. The molecule has 28 heavy (non-hydrogen) atoms. The van der Waals surface area contributed by atoms with E-state index in [4.69, 9.17) is 18.9 Å². The minimum absolute atomic E-state index is 0.151. The van der Waals surface area contributed by atoms with Crippen LogP contribution in [0.3, 0.4) is 0 Å². The second-order valence-electron chi connectivity index (χ2n) is 6.96. The van der Waals surface area contributed by atoms with Crippen molar-refractivity contribution in [2.75, 3.05) is 25.7 Å². The van der Waals surface area contributed by atoms with E-state index in [0.29, 0.717) is 41.7 Å². The van der Waals surface area contributed by atoms with E-state index in [1.807, 2.05) is 32.0 Å². The summed E-state index contributed by atoms with van der Waals surface area (Å²) in [5.41, 5.74) is 0.645. The average molecular weight is 384 g/mol. The Morgan fingerprint density at radius 1 is 1.21 bits per heavy atom. The normalized spacial score (nSPS) is 22.6. The number of carbonyl (C=O) groups excluding carboxylic acids is 1. The van der Waals surface area contributed by atoms with Gasteiger partial charge in [0.05, 0.1) is 32.6 Å². The van der Waals surface area contributed by atoms with E-state index in [1.54, 1.807) is 37.3 Å². The van der Waals surface area contributed by atoms with Gasteiger partial charge in [0.1, 0.15) is 11.5 Å². The number of ether oxygens (including phenoxy) is 4. The zero-order valence-electron chi connectivity index (χ0n) is 16.4. The largest absolute Gasteiger partial charge is 0.497 e. The van der Waals surface area contributed by atoms with Gasteiger partial charge in [0.2, 0.25) is 0 Å². The Labute approximate surface area is 164 Å². The Hall–Kier alpha value is -3.09. The number of urea groups is 1. The first-order valence-corrected chi connectivity index (χ1v) is 9.28. The van der Waals surface area contributed by atoms with Gasteiger partial charge in [-0.3, -0.25) is 4.90 Å². The Bertz CT molecular complexity index is 916. The molecule has 7 heteroatoms. The summed E-state index contributed by atoms with van der Waals surface area (Å²) < 4.78 is 23.0. The van der Waals surface area contributed by atoms with Crippen LogP contribution in [0.1, 0.15) is 31.9 Å². The summed E-state index contributed by atoms with van der Waals surface area (Å²) in [5, 5.41) is 3.09. The first-order valence-electron chi connectivity index (χ1n) is 9.28. The first kappa shape index (κ1) is 18.3. The molecule has 1 N–H and O–H groups in total. The number of benzene rings is 2. The highest BCUT2D eigenvalue weighted by Crippen LogP contribution is 2.50. The van der Waals surface area contributed by atoms with Crippen LogP contribution in [-0.4, -0.2) is 32.6 Å². The number of methoxy groups -OCH3 is 2. The summed E-state index contributed by atoms with van der Waals surface area (Å²) in [6.07, 6.45) is 0.594. The van der Waals surface area contributed by atoms with E-state index in [0.717, 1.165) is 5.56 Å². The Morgan fingerprint density at radius 2 is 2.04 bits per heavy atom. The molecule has 2 aromatic rings. The van der Waals surface area contributed by atoms with Crippen LogP contribution in [0, 0.1) is 0 Å². The van der Waals surface area contributed by atoms with Gasteiger partial charge in [-0.1, -0.05) is 12.1 Å². The molecule has 2 aliphatic heterocycles. The van der Waals surface area contributed by atoms with Gasteiger partial charge >= 0.3 is 6.03 Å². The van der Waals surface area contributed by atoms with Gasteiger partial charge in [0, 0.05) is 18.1 Å². The van der Waals surface area contributed by atoms with Gasteiger partial charge in [-0.2, -0.15) is 0 Å². The highest BCUT2D eigenvalue weighted by Gasteiger charge is 2.51. The molecule has 1 fully saturated rings. The minimum Gasteiger partial charge on any atom is -0.497 e. The van der Waals surface area contributed by atoms with Crippen molar-refractivity contribution in [3.05, 3.63) is 42.0 Å². The van der Waals surface area contributed by atoms with Crippen LogP contribution in [0.15, 0.2) is 36.4 Å². The Morgan fingerprint density at radius 3 is 2.75 bits per heavy atom. The molecule has 4 rings (SSSR count). The van der Waals surface area contributed by atoms with Crippen molar-refractivity contribution in [3.63, 3.8) is 0 Å². The molecule has 2 amide bonds. The Balaban J connectivity index is 1.80. The van der Waals surface area contributed by atoms with E-state index in [9.17, 15) is 4.79 Å². The summed E-state index contributed by atoms with van der Waals surface area (Å²) in [7, 11) is 3.15. The van der Waals surface area contributed by atoms with Crippen LogP contribution < -0.4 is 29.2 Å². The molecule has 2 atom stereocenters. The standard InChI is InChI=1S/C21H24N2O5/c1-5-27-17-8-6-7-14-15-12-21(2,28-19(14)17)23(20(24)22-15)16-10-9-13(25-3)11-18(16)26-4/h6-11,15H,5,12H2,1-4H3,(H,22,24)/t15-,21+/m1/s1.